The topological polar surface area (TPSA) is 73.3 Å². The van der Waals surface area contributed by atoms with Gasteiger partial charge < -0.3 is 14.8 Å². The number of nitrogens with zero attached hydrogens (tertiary/aromatic N) is 2. The number of carbonyl (C=O) groups excluding carboxylic acids is 1. The van der Waals surface area contributed by atoms with Gasteiger partial charge in [-0.15, -0.1) is 0 Å². The summed E-state index contributed by atoms with van der Waals surface area (Å²) < 4.78 is 36.8. The third kappa shape index (κ3) is 7.42. The molecular formula is C25H34ClF2N3O3. The van der Waals surface area contributed by atoms with E-state index in [1.807, 2.05) is 13.0 Å². The molecule has 1 aliphatic heterocycles. The van der Waals surface area contributed by atoms with Crippen molar-refractivity contribution in [2.24, 2.45) is 0 Å². The Morgan fingerprint density at radius 2 is 2.00 bits per heavy atom. The van der Waals surface area contributed by atoms with Crippen molar-refractivity contribution in [3.05, 3.63) is 51.9 Å². The highest BCUT2D eigenvalue weighted by Gasteiger charge is 2.43. The molecule has 3 rings (SSSR count). The maximum absolute atomic E-state index is 13.5. The maximum atomic E-state index is 13.5. The number of ether oxygens (including phenoxy) is 2. The molecule has 188 valence electrons. The number of aromatic nitrogens is 2. The summed E-state index contributed by atoms with van der Waals surface area (Å²) in [7, 11) is 1.53. The van der Waals surface area contributed by atoms with E-state index in [9.17, 15) is 13.6 Å². The van der Waals surface area contributed by atoms with Crippen molar-refractivity contribution in [2.75, 3.05) is 25.6 Å². The highest BCUT2D eigenvalue weighted by atomic mass is 35.5. The van der Waals surface area contributed by atoms with Crippen LogP contribution < -0.4 is 5.32 Å². The number of carbonyl (C=O) groups is 1. The fourth-order valence-corrected chi connectivity index (χ4v) is 3.65. The third-order valence-electron chi connectivity index (χ3n) is 5.78. The zero-order valence-electron chi connectivity index (χ0n) is 20.5. The minimum atomic E-state index is -2.85. The summed E-state index contributed by atoms with van der Waals surface area (Å²) in [6.07, 6.45) is 3.75. The van der Waals surface area contributed by atoms with Gasteiger partial charge in [0.15, 0.2) is 11.4 Å². The van der Waals surface area contributed by atoms with Gasteiger partial charge in [-0.2, -0.15) is 0 Å². The van der Waals surface area contributed by atoms with Crippen LogP contribution in [0.1, 0.15) is 62.9 Å². The van der Waals surface area contributed by atoms with Gasteiger partial charge in [-0.1, -0.05) is 38.5 Å². The molecule has 1 N–H and O–H groups in total. The molecule has 1 aromatic heterocycles. The van der Waals surface area contributed by atoms with Crippen LogP contribution in [0.3, 0.4) is 0 Å². The van der Waals surface area contributed by atoms with Crippen LogP contribution in [0.4, 0.5) is 14.6 Å². The molecule has 0 atom stereocenters. The number of methoxy groups -OCH3 is 1. The van der Waals surface area contributed by atoms with E-state index in [1.54, 1.807) is 6.07 Å². The van der Waals surface area contributed by atoms with Crippen LogP contribution in [0.5, 0.6) is 0 Å². The van der Waals surface area contributed by atoms with Gasteiger partial charge in [0.25, 0.3) is 5.92 Å². The number of halogens is 3. The predicted molar refractivity (Wildman–Crippen MR) is 130 cm³/mol. The number of rotatable bonds is 10. The number of hydrogen-bond acceptors (Lipinski definition) is 6. The standard InChI is InChI=1S/C19H24ClF2N3.C6H10O3/c1-4-6-10-16-15(5-2)17(25-18(20)24-16)23-12-13-8-7-9-14(11-13)19(3,21)22;1-5(7)6(8-2)3-9-4-6/h7-9,11H,4-6,10,12H2,1-3H3,(H,23,24,25);3-4H2,1-2H3. The predicted octanol–water partition coefficient (Wildman–Crippen LogP) is 5.75. The fourth-order valence-electron chi connectivity index (χ4n) is 3.46. The van der Waals surface area contributed by atoms with Crippen LogP contribution in [0.2, 0.25) is 5.28 Å². The Balaban J connectivity index is 0.000000379. The molecule has 0 aliphatic carbocycles. The lowest BCUT2D eigenvalue weighted by Crippen LogP contribution is -2.56. The fraction of sp³-hybridized carbons (Fsp3) is 0.560. The van der Waals surface area contributed by atoms with E-state index in [0.29, 0.717) is 25.6 Å². The zero-order chi connectivity index (χ0) is 25.4. The van der Waals surface area contributed by atoms with E-state index in [-0.39, 0.29) is 16.6 Å². The van der Waals surface area contributed by atoms with Gasteiger partial charge in [0, 0.05) is 31.7 Å². The average molecular weight is 498 g/mol. The van der Waals surface area contributed by atoms with Crippen LogP contribution in [0.15, 0.2) is 24.3 Å². The van der Waals surface area contributed by atoms with Crippen molar-refractivity contribution >= 4 is 23.2 Å². The van der Waals surface area contributed by atoms with Crippen molar-refractivity contribution in [3.63, 3.8) is 0 Å². The number of anilines is 1. The van der Waals surface area contributed by atoms with Gasteiger partial charge in [0.05, 0.1) is 18.9 Å². The van der Waals surface area contributed by atoms with E-state index in [2.05, 4.69) is 22.2 Å². The molecule has 1 aliphatic rings. The Morgan fingerprint density at radius 1 is 1.29 bits per heavy atom. The first-order valence-electron chi connectivity index (χ1n) is 11.5. The third-order valence-corrected chi connectivity index (χ3v) is 5.95. The lowest BCUT2D eigenvalue weighted by molar-refractivity contribution is -0.197. The zero-order valence-corrected chi connectivity index (χ0v) is 21.3. The molecule has 1 fully saturated rings. The van der Waals surface area contributed by atoms with Gasteiger partial charge in [-0.25, -0.2) is 18.7 Å². The summed E-state index contributed by atoms with van der Waals surface area (Å²) in [5.41, 5.74) is 2.17. The smallest absolute Gasteiger partial charge is 0.270 e. The second-order valence-corrected chi connectivity index (χ2v) is 8.75. The molecule has 1 aromatic carbocycles. The summed E-state index contributed by atoms with van der Waals surface area (Å²) in [6, 6.07) is 6.41. The quantitative estimate of drug-likeness (QED) is 0.421. The summed E-state index contributed by atoms with van der Waals surface area (Å²) in [6.45, 7) is 7.83. The first-order chi connectivity index (χ1) is 16.1. The van der Waals surface area contributed by atoms with E-state index in [1.165, 1.54) is 26.2 Å². The molecule has 34 heavy (non-hydrogen) atoms. The number of unbranched alkanes of at least 4 members (excludes halogenated alkanes) is 1. The van der Waals surface area contributed by atoms with E-state index in [4.69, 9.17) is 21.1 Å². The number of aryl methyl sites for hydroxylation is 1. The van der Waals surface area contributed by atoms with E-state index in [0.717, 1.165) is 49.4 Å². The molecule has 0 unspecified atom stereocenters. The Kier molecular flexibility index (Phi) is 10.3. The van der Waals surface area contributed by atoms with Crippen LogP contribution in [0.25, 0.3) is 0 Å². The minimum Gasteiger partial charge on any atom is -0.374 e. The largest absolute Gasteiger partial charge is 0.374 e. The lowest BCUT2D eigenvalue weighted by Gasteiger charge is -2.37. The number of hydrogen-bond donors (Lipinski definition) is 1. The number of nitrogens with one attached hydrogen (secondary N) is 1. The lowest BCUT2D eigenvalue weighted by atomic mass is 9.98. The molecule has 0 amide bonds. The van der Waals surface area contributed by atoms with Crippen LogP contribution in [-0.2, 0) is 39.6 Å². The highest BCUT2D eigenvalue weighted by Crippen LogP contribution is 2.28. The number of benzene rings is 1. The molecule has 1 saturated heterocycles. The molecular weight excluding hydrogens is 464 g/mol. The second-order valence-electron chi connectivity index (χ2n) is 8.41. The summed E-state index contributed by atoms with van der Waals surface area (Å²) in [5, 5.41) is 3.44. The first-order valence-corrected chi connectivity index (χ1v) is 11.8. The van der Waals surface area contributed by atoms with Gasteiger partial charge >= 0.3 is 0 Å². The SMILES string of the molecule is CCCCc1nc(Cl)nc(NCc2cccc(C(C)(F)F)c2)c1CC.COC1(C(C)=O)COC1. The highest BCUT2D eigenvalue weighted by molar-refractivity contribution is 6.28. The molecule has 9 heteroatoms. The maximum Gasteiger partial charge on any atom is 0.270 e. The van der Waals surface area contributed by atoms with Crippen LogP contribution in [0, 0.1) is 0 Å². The molecule has 0 radical (unpaired) electrons. The minimum absolute atomic E-state index is 0.00636. The van der Waals surface area contributed by atoms with Gasteiger partial charge in [0.2, 0.25) is 5.28 Å². The molecule has 0 bridgehead atoms. The van der Waals surface area contributed by atoms with Crippen molar-refractivity contribution in [1.29, 1.82) is 0 Å². The summed E-state index contributed by atoms with van der Waals surface area (Å²) in [4.78, 5) is 19.4. The molecule has 0 saturated carbocycles. The van der Waals surface area contributed by atoms with E-state index < -0.39 is 11.5 Å². The van der Waals surface area contributed by atoms with Gasteiger partial charge in [-0.05, 0) is 49.4 Å². The van der Waals surface area contributed by atoms with Crippen molar-refractivity contribution in [1.82, 2.24) is 9.97 Å². The first kappa shape index (κ1) is 28.1. The Labute approximate surface area is 205 Å². The molecule has 6 nitrogen and oxygen atoms in total. The van der Waals surface area contributed by atoms with E-state index >= 15 is 0 Å². The van der Waals surface area contributed by atoms with Crippen molar-refractivity contribution < 1.29 is 23.0 Å². The number of Topliss-reactive ketones (excluding diaryl/α,β-unsaturated/α-hetero) is 1. The van der Waals surface area contributed by atoms with Crippen LogP contribution in [-0.4, -0.2) is 41.7 Å². The summed E-state index contributed by atoms with van der Waals surface area (Å²) >= 11 is 6.06. The monoisotopic (exact) mass is 497 g/mol. The van der Waals surface area contributed by atoms with Crippen molar-refractivity contribution in [2.45, 2.75) is 71.4 Å². The summed E-state index contributed by atoms with van der Waals surface area (Å²) in [5.74, 6) is -2.12. The van der Waals surface area contributed by atoms with Crippen LogP contribution >= 0.6 is 11.6 Å². The molecule has 2 aromatic rings. The Bertz CT molecular complexity index is 957. The van der Waals surface area contributed by atoms with Gasteiger partial charge in [0.1, 0.15) is 5.82 Å². The normalized spacial score (nSPS) is 14.6. The van der Waals surface area contributed by atoms with Crippen molar-refractivity contribution in [3.8, 4) is 0 Å². The Morgan fingerprint density at radius 3 is 2.47 bits per heavy atom. The average Bonchev–Trinajstić information content (AvgIpc) is 2.75. The Hall–Kier alpha value is -2.16. The molecule has 0 spiro atoms. The number of ketones is 1. The number of alkyl halides is 2. The molecule has 2 heterocycles. The van der Waals surface area contributed by atoms with Gasteiger partial charge in [-0.3, -0.25) is 4.79 Å². The second kappa shape index (κ2) is 12.5.